The molecule has 27 heavy (non-hydrogen) atoms. The van der Waals surface area contributed by atoms with Gasteiger partial charge in [-0.1, -0.05) is 0 Å². The molecule has 1 heterocycles. The lowest BCUT2D eigenvalue weighted by Crippen LogP contribution is -2.26. The van der Waals surface area contributed by atoms with E-state index in [1.54, 1.807) is 18.2 Å². The van der Waals surface area contributed by atoms with Crippen molar-refractivity contribution in [3.05, 3.63) is 53.3 Å². The van der Waals surface area contributed by atoms with Crippen molar-refractivity contribution < 1.29 is 31.8 Å². The molecule has 2 aromatic rings. The monoisotopic (exact) mass is 393 g/mol. The molecule has 1 aliphatic heterocycles. The molecule has 0 saturated carbocycles. The highest BCUT2D eigenvalue weighted by Crippen LogP contribution is 2.42. The van der Waals surface area contributed by atoms with E-state index in [4.69, 9.17) is 9.47 Å². The van der Waals surface area contributed by atoms with Crippen LogP contribution in [0.15, 0.2) is 52.4 Å². The standard InChI is InChI=1S/C18H16FNO6S/c1-24-13-7-12(8-14(9-13)25-2)20-10-17(18(21)26-3)27(22,23)16-5-4-11(19)6-15(16)20/h4-10H,1-3H3. The minimum atomic E-state index is -4.17. The minimum Gasteiger partial charge on any atom is -0.497 e. The van der Waals surface area contributed by atoms with Gasteiger partial charge < -0.3 is 19.1 Å². The molecule has 2 aromatic carbocycles. The van der Waals surface area contributed by atoms with E-state index in [0.29, 0.717) is 17.2 Å². The summed E-state index contributed by atoms with van der Waals surface area (Å²) in [6.07, 6.45) is 1.09. The normalized spacial score (nSPS) is 14.8. The Kier molecular flexibility index (Phi) is 4.79. The first kappa shape index (κ1) is 18.7. The van der Waals surface area contributed by atoms with E-state index in [0.717, 1.165) is 31.5 Å². The summed E-state index contributed by atoms with van der Waals surface area (Å²) in [7, 11) is -0.165. The Hall–Kier alpha value is -3.07. The van der Waals surface area contributed by atoms with E-state index in [-0.39, 0.29) is 10.6 Å². The molecule has 7 nitrogen and oxygen atoms in total. The number of benzene rings is 2. The zero-order chi connectivity index (χ0) is 19.8. The van der Waals surface area contributed by atoms with Gasteiger partial charge in [-0.05, 0) is 18.2 Å². The van der Waals surface area contributed by atoms with Crippen LogP contribution in [-0.2, 0) is 19.4 Å². The Morgan fingerprint density at radius 3 is 2.19 bits per heavy atom. The maximum atomic E-state index is 13.9. The van der Waals surface area contributed by atoms with Gasteiger partial charge in [0.15, 0.2) is 4.91 Å². The van der Waals surface area contributed by atoms with Crippen LogP contribution < -0.4 is 14.4 Å². The van der Waals surface area contributed by atoms with Crippen molar-refractivity contribution in [2.24, 2.45) is 0 Å². The number of nitrogens with zero attached hydrogens (tertiary/aromatic N) is 1. The molecule has 0 unspecified atom stereocenters. The predicted molar refractivity (Wildman–Crippen MR) is 95.4 cm³/mol. The van der Waals surface area contributed by atoms with E-state index < -0.39 is 26.5 Å². The molecular formula is C18H16FNO6S. The Morgan fingerprint density at radius 1 is 1.00 bits per heavy atom. The number of methoxy groups -OCH3 is 3. The Balaban J connectivity index is 2.31. The summed E-state index contributed by atoms with van der Waals surface area (Å²) in [5.41, 5.74) is 0.465. The van der Waals surface area contributed by atoms with Gasteiger partial charge in [0.1, 0.15) is 17.3 Å². The van der Waals surface area contributed by atoms with Crippen LogP contribution in [0, 0.1) is 5.82 Å². The number of halogens is 1. The van der Waals surface area contributed by atoms with Crippen molar-refractivity contribution >= 4 is 27.2 Å². The molecule has 3 rings (SSSR count). The van der Waals surface area contributed by atoms with Gasteiger partial charge in [0.05, 0.1) is 37.6 Å². The van der Waals surface area contributed by atoms with Crippen molar-refractivity contribution in [2.75, 3.05) is 26.2 Å². The van der Waals surface area contributed by atoms with Crippen molar-refractivity contribution in [1.29, 1.82) is 0 Å². The second-order valence-corrected chi connectivity index (χ2v) is 7.43. The molecule has 0 spiro atoms. The van der Waals surface area contributed by atoms with Gasteiger partial charge in [0, 0.05) is 24.4 Å². The molecule has 0 saturated heterocycles. The average molecular weight is 393 g/mol. The van der Waals surface area contributed by atoms with E-state index in [1.807, 2.05) is 0 Å². The van der Waals surface area contributed by atoms with Crippen LogP contribution >= 0.6 is 0 Å². The van der Waals surface area contributed by atoms with Gasteiger partial charge in [0.25, 0.3) is 0 Å². The van der Waals surface area contributed by atoms with E-state index in [1.165, 1.54) is 19.1 Å². The largest absolute Gasteiger partial charge is 0.497 e. The molecule has 0 atom stereocenters. The third-order valence-corrected chi connectivity index (χ3v) is 5.78. The molecule has 0 radical (unpaired) electrons. The van der Waals surface area contributed by atoms with E-state index >= 15 is 0 Å². The zero-order valence-electron chi connectivity index (χ0n) is 14.7. The van der Waals surface area contributed by atoms with Crippen LogP contribution in [-0.4, -0.2) is 35.7 Å². The number of carbonyl (C=O) groups is 1. The van der Waals surface area contributed by atoms with E-state index in [9.17, 15) is 17.6 Å². The van der Waals surface area contributed by atoms with Crippen LogP contribution in [0.25, 0.3) is 0 Å². The van der Waals surface area contributed by atoms with E-state index in [2.05, 4.69) is 4.74 Å². The first-order valence-corrected chi connectivity index (χ1v) is 9.17. The van der Waals surface area contributed by atoms with Gasteiger partial charge in [0.2, 0.25) is 9.84 Å². The summed E-state index contributed by atoms with van der Waals surface area (Å²) < 4.78 is 54.5. The SMILES string of the molecule is COC(=O)C1=CN(c2cc(OC)cc(OC)c2)c2cc(F)ccc2S1(=O)=O. The third-order valence-electron chi connectivity index (χ3n) is 4.01. The number of sulfone groups is 1. The molecule has 0 bridgehead atoms. The molecule has 9 heteroatoms. The highest BCUT2D eigenvalue weighted by Gasteiger charge is 2.37. The van der Waals surface area contributed by atoms with Crippen LogP contribution in [0.3, 0.4) is 0 Å². The fourth-order valence-electron chi connectivity index (χ4n) is 2.69. The van der Waals surface area contributed by atoms with Crippen molar-refractivity contribution in [1.82, 2.24) is 0 Å². The topological polar surface area (TPSA) is 82.1 Å². The quantitative estimate of drug-likeness (QED) is 0.583. The van der Waals surface area contributed by atoms with Gasteiger partial charge in [-0.2, -0.15) is 0 Å². The molecule has 0 fully saturated rings. The van der Waals surface area contributed by atoms with Crippen LogP contribution in [0.2, 0.25) is 0 Å². The molecule has 142 valence electrons. The lowest BCUT2D eigenvalue weighted by Gasteiger charge is -2.29. The first-order chi connectivity index (χ1) is 12.8. The molecule has 0 aromatic heterocycles. The summed E-state index contributed by atoms with van der Waals surface area (Å²) in [5.74, 6) is -0.781. The lowest BCUT2D eigenvalue weighted by atomic mass is 10.2. The van der Waals surface area contributed by atoms with Gasteiger partial charge in [-0.25, -0.2) is 17.6 Å². The second kappa shape index (κ2) is 6.92. The highest BCUT2D eigenvalue weighted by atomic mass is 32.2. The Morgan fingerprint density at radius 2 is 1.63 bits per heavy atom. The van der Waals surface area contributed by atoms with Crippen molar-refractivity contribution in [3.63, 3.8) is 0 Å². The number of rotatable bonds is 4. The van der Waals surface area contributed by atoms with Crippen LogP contribution in [0.5, 0.6) is 11.5 Å². The van der Waals surface area contributed by atoms with Crippen molar-refractivity contribution in [2.45, 2.75) is 4.90 Å². The van der Waals surface area contributed by atoms with Gasteiger partial charge in [-0.15, -0.1) is 0 Å². The summed E-state index contributed by atoms with van der Waals surface area (Å²) in [4.78, 5) is 12.7. The summed E-state index contributed by atoms with van der Waals surface area (Å²) in [6, 6.07) is 8.02. The number of fused-ring (bicyclic) bond motifs is 1. The van der Waals surface area contributed by atoms with Crippen LogP contribution in [0.4, 0.5) is 15.8 Å². The van der Waals surface area contributed by atoms with Crippen LogP contribution in [0.1, 0.15) is 0 Å². The Labute approximate surface area is 155 Å². The number of carbonyl (C=O) groups excluding carboxylic acids is 1. The number of hydrogen-bond acceptors (Lipinski definition) is 7. The molecule has 0 amide bonds. The highest BCUT2D eigenvalue weighted by molar-refractivity contribution is 7.96. The maximum absolute atomic E-state index is 13.9. The van der Waals surface area contributed by atoms with Gasteiger partial charge >= 0.3 is 5.97 Å². The average Bonchev–Trinajstić information content (AvgIpc) is 2.66. The number of ether oxygens (including phenoxy) is 3. The first-order valence-electron chi connectivity index (χ1n) is 7.69. The van der Waals surface area contributed by atoms with Crippen molar-refractivity contribution in [3.8, 4) is 11.5 Å². The smallest absolute Gasteiger partial charge is 0.351 e. The fourth-order valence-corrected chi connectivity index (χ4v) is 4.15. The molecule has 0 N–H and O–H groups in total. The summed E-state index contributed by atoms with van der Waals surface area (Å²) in [5, 5.41) is 0. The molecule has 1 aliphatic rings. The fraction of sp³-hybridized carbons (Fsp3) is 0.167. The Bertz CT molecular complexity index is 1030. The lowest BCUT2D eigenvalue weighted by molar-refractivity contribution is -0.135. The summed E-state index contributed by atoms with van der Waals surface area (Å²) >= 11 is 0. The molecular weight excluding hydrogens is 377 g/mol. The predicted octanol–water partition coefficient (Wildman–Crippen LogP) is 2.78. The number of hydrogen-bond donors (Lipinski definition) is 0. The summed E-state index contributed by atoms with van der Waals surface area (Å²) in [6.45, 7) is 0. The third kappa shape index (κ3) is 3.21. The molecule has 0 aliphatic carbocycles. The maximum Gasteiger partial charge on any atom is 0.351 e. The zero-order valence-corrected chi connectivity index (χ0v) is 15.5. The number of anilines is 2. The number of esters is 1. The minimum absolute atomic E-state index is 0.0537. The second-order valence-electron chi connectivity index (χ2n) is 5.54. The van der Waals surface area contributed by atoms with Gasteiger partial charge in [-0.3, -0.25) is 0 Å².